The Bertz CT molecular complexity index is 688. The van der Waals surface area contributed by atoms with Gasteiger partial charge in [0.15, 0.2) is 0 Å². The Labute approximate surface area is 162 Å². The molecular formula is C23H34O4. The summed E-state index contributed by atoms with van der Waals surface area (Å²) in [5, 5.41) is 0. The third-order valence-electron chi connectivity index (χ3n) is 9.86. The highest BCUT2D eigenvalue weighted by molar-refractivity contribution is 5.79. The van der Waals surface area contributed by atoms with E-state index in [1.54, 1.807) is 6.92 Å². The molecule has 150 valence electrons. The number of carbonyl (C=O) groups is 2. The summed E-state index contributed by atoms with van der Waals surface area (Å²) < 4.78 is 12.1. The van der Waals surface area contributed by atoms with E-state index < -0.39 is 0 Å². The normalized spacial score (nSPS) is 55.6. The fourth-order valence-electron chi connectivity index (χ4n) is 8.64. The molecule has 1 aliphatic heterocycles. The minimum Gasteiger partial charge on any atom is -0.462 e. The van der Waals surface area contributed by atoms with Crippen LogP contribution in [0.2, 0.25) is 0 Å². The Hall–Kier alpha value is -0.900. The Balaban J connectivity index is 1.42. The number of Topliss-reactive ketones (excluding diaryl/α,β-unsaturated/α-hetero) is 1. The number of epoxide rings is 1. The van der Waals surface area contributed by atoms with Gasteiger partial charge in [-0.3, -0.25) is 9.59 Å². The molecule has 0 N–H and O–H groups in total. The van der Waals surface area contributed by atoms with Crippen molar-refractivity contribution in [2.45, 2.75) is 96.9 Å². The molecule has 5 rings (SSSR count). The van der Waals surface area contributed by atoms with Crippen molar-refractivity contribution in [3.05, 3.63) is 0 Å². The molecule has 5 aliphatic rings. The van der Waals surface area contributed by atoms with Crippen molar-refractivity contribution in [1.82, 2.24) is 0 Å². The van der Waals surface area contributed by atoms with Gasteiger partial charge in [0.05, 0.1) is 6.10 Å². The van der Waals surface area contributed by atoms with Crippen LogP contribution >= 0.6 is 0 Å². The van der Waals surface area contributed by atoms with Crippen LogP contribution in [-0.2, 0) is 19.1 Å². The number of hydrogen-bond donors (Lipinski definition) is 0. The van der Waals surface area contributed by atoms with E-state index in [0.717, 1.165) is 32.1 Å². The average molecular weight is 375 g/mol. The average Bonchev–Trinajstić information content (AvgIpc) is 3.15. The molecule has 1 saturated heterocycles. The lowest BCUT2D eigenvalue weighted by Crippen LogP contribution is -2.59. The maximum Gasteiger partial charge on any atom is 0.302 e. The lowest BCUT2D eigenvalue weighted by molar-refractivity contribution is -0.158. The molecule has 0 amide bonds. The fraction of sp³-hybridized carbons (Fsp3) is 0.913. The van der Waals surface area contributed by atoms with Crippen LogP contribution in [0.15, 0.2) is 0 Å². The zero-order chi connectivity index (χ0) is 19.2. The molecule has 27 heavy (non-hydrogen) atoms. The van der Waals surface area contributed by atoms with E-state index >= 15 is 0 Å². The second-order valence-corrected chi connectivity index (χ2v) is 10.8. The zero-order valence-electron chi connectivity index (χ0n) is 17.3. The van der Waals surface area contributed by atoms with E-state index in [0.29, 0.717) is 29.6 Å². The van der Waals surface area contributed by atoms with Gasteiger partial charge in [0.1, 0.15) is 17.5 Å². The van der Waals surface area contributed by atoms with Crippen molar-refractivity contribution in [1.29, 1.82) is 0 Å². The summed E-state index contributed by atoms with van der Waals surface area (Å²) in [6, 6.07) is 0. The lowest BCUT2D eigenvalue weighted by atomic mass is 9.44. The Morgan fingerprint density at radius 3 is 2.48 bits per heavy atom. The maximum atomic E-state index is 12.3. The highest BCUT2D eigenvalue weighted by Gasteiger charge is 2.76. The number of carbonyl (C=O) groups excluding carboxylic acids is 2. The van der Waals surface area contributed by atoms with Gasteiger partial charge in [-0.2, -0.15) is 0 Å². The summed E-state index contributed by atoms with van der Waals surface area (Å²) in [7, 11) is 0. The van der Waals surface area contributed by atoms with Crippen molar-refractivity contribution in [2.75, 3.05) is 0 Å². The van der Waals surface area contributed by atoms with Crippen LogP contribution < -0.4 is 0 Å². The molecule has 0 aromatic rings. The molecule has 5 fully saturated rings. The molecule has 4 nitrogen and oxygen atoms in total. The first-order chi connectivity index (χ1) is 12.7. The number of esters is 1. The summed E-state index contributed by atoms with van der Waals surface area (Å²) in [4.78, 5) is 23.7. The monoisotopic (exact) mass is 374 g/mol. The van der Waals surface area contributed by atoms with E-state index in [9.17, 15) is 9.59 Å². The van der Waals surface area contributed by atoms with Gasteiger partial charge in [0, 0.05) is 24.7 Å². The topological polar surface area (TPSA) is 55.9 Å². The van der Waals surface area contributed by atoms with Crippen LogP contribution in [0.5, 0.6) is 0 Å². The van der Waals surface area contributed by atoms with Crippen molar-refractivity contribution < 1.29 is 19.1 Å². The number of fused-ring (bicyclic) bond motifs is 4. The number of hydrogen-bond acceptors (Lipinski definition) is 4. The van der Waals surface area contributed by atoms with Gasteiger partial charge in [-0.15, -0.1) is 0 Å². The van der Waals surface area contributed by atoms with Crippen molar-refractivity contribution in [2.24, 2.45) is 34.5 Å². The Morgan fingerprint density at radius 1 is 1.00 bits per heavy atom. The Kier molecular flexibility index (Phi) is 3.75. The third-order valence-corrected chi connectivity index (χ3v) is 9.86. The van der Waals surface area contributed by atoms with Gasteiger partial charge < -0.3 is 9.47 Å². The van der Waals surface area contributed by atoms with Crippen LogP contribution in [0, 0.1) is 34.5 Å². The van der Waals surface area contributed by atoms with Crippen LogP contribution in [0.1, 0.15) is 79.1 Å². The molecule has 0 aromatic carbocycles. The van der Waals surface area contributed by atoms with Gasteiger partial charge in [-0.25, -0.2) is 0 Å². The summed E-state index contributed by atoms with van der Waals surface area (Å²) in [6.07, 6.45) is 9.18. The molecule has 0 bridgehead atoms. The number of rotatable bonds is 2. The molecule has 1 heterocycles. The van der Waals surface area contributed by atoms with Crippen molar-refractivity contribution >= 4 is 11.8 Å². The van der Waals surface area contributed by atoms with Crippen molar-refractivity contribution in [3.8, 4) is 0 Å². The van der Waals surface area contributed by atoms with Crippen molar-refractivity contribution in [3.63, 3.8) is 0 Å². The lowest BCUT2D eigenvalue weighted by Gasteiger charge is -2.59. The SMILES string of the molecule is CC(=O)OC1CCC2(C)C3CCC4(C)C(C(C)=O)CCC4C3CC3OC32C1. The first kappa shape index (κ1) is 18.1. The maximum absolute atomic E-state index is 12.3. The first-order valence-corrected chi connectivity index (χ1v) is 11.1. The molecular weight excluding hydrogens is 340 g/mol. The van der Waals surface area contributed by atoms with Gasteiger partial charge in [-0.1, -0.05) is 13.8 Å². The van der Waals surface area contributed by atoms with E-state index in [1.165, 1.54) is 26.2 Å². The highest BCUT2D eigenvalue weighted by atomic mass is 16.6. The predicted octanol–water partition coefficient (Wildman–Crippen LogP) is 4.30. The second-order valence-electron chi connectivity index (χ2n) is 10.8. The van der Waals surface area contributed by atoms with Gasteiger partial charge in [0.25, 0.3) is 0 Å². The Morgan fingerprint density at radius 2 is 1.78 bits per heavy atom. The minimum absolute atomic E-state index is 0.0274. The second kappa shape index (κ2) is 5.58. The fourth-order valence-corrected chi connectivity index (χ4v) is 8.64. The quantitative estimate of drug-likeness (QED) is 0.534. The van der Waals surface area contributed by atoms with E-state index in [-0.39, 0.29) is 34.4 Å². The van der Waals surface area contributed by atoms with Crippen LogP contribution in [0.4, 0.5) is 0 Å². The molecule has 4 saturated carbocycles. The standard InChI is InChI=1S/C23H34O4/c1-13(24)17-5-6-18-16-11-20-23(27-20)12-15(26-14(2)25)7-10-22(23,4)19(16)8-9-21(17,18)3/h15-20H,5-12H2,1-4H3. The van der Waals surface area contributed by atoms with E-state index in [2.05, 4.69) is 13.8 Å². The molecule has 4 aliphatic carbocycles. The molecule has 9 atom stereocenters. The summed E-state index contributed by atoms with van der Waals surface area (Å²) in [6.45, 7) is 8.19. The van der Waals surface area contributed by atoms with Crippen LogP contribution in [0.25, 0.3) is 0 Å². The van der Waals surface area contributed by atoms with Gasteiger partial charge in [-0.05, 0) is 75.0 Å². The van der Waals surface area contributed by atoms with Crippen LogP contribution in [-0.4, -0.2) is 29.6 Å². The smallest absolute Gasteiger partial charge is 0.302 e. The van der Waals surface area contributed by atoms with E-state index in [4.69, 9.17) is 9.47 Å². The van der Waals surface area contributed by atoms with E-state index in [1.807, 2.05) is 0 Å². The number of ether oxygens (including phenoxy) is 2. The predicted molar refractivity (Wildman–Crippen MR) is 101 cm³/mol. The molecule has 9 unspecified atom stereocenters. The third kappa shape index (κ3) is 2.25. The highest BCUT2D eigenvalue weighted by Crippen LogP contribution is 2.74. The molecule has 0 aromatic heterocycles. The molecule has 0 radical (unpaired) electrons. The van der Waals surface area contributed by atoms with Gasteiger partial charge >= 0.3 is 5.97 Å². The number of ketones is 1. The van der Waals surface area contributed by atoms with Crippen LogP contribution in [0.3, 0.4) is 0 Å². The van der Waals surface area contributed by atoms with Gasteiger partial charge in [0.2, 0.25) is 0 Å². The largest absolute Gasteiger partial charge is 0.462 e. The molecule has 1 spiro atoms. The minimum atomic E-state index is -0.166. The summed E-state index contributed by atoms with van der Waals surface area (Å²) in [5.74, 6) is 2.57. The summed E-state index contributed by atoms with van der Waals surface area (Å²) in [5.41, 5.74) is 0.346. The zero-order valence-corrected chi connectivity index (χ0v) is 17.3. The first-order valence-electron chi connectivity index (χ1n) is 11.1. The molecule has 4 heteroatoms. The summed E-state index contributed by atoms with van der Waals surface area (Å²) >= 11 is 0.